The molecule has 0 aromatic carbocycles. The molecule has 84 valence electrons. The van der Waals surface area contributed by atoms with Crippen LogP contribution in [0.3, 0.4) is 0 Å². The summed E-state index contributed by atoms with van der Waals surface area (Å²) in [5.74, 6) is 0.537. The van der Waals surface area contributed by atoms with Gasteiger partial charge in [0.15, 0.2) is 0 Å². The molecule has 2 heterocycles. The van der Waals surface area contributed by atoms with Gasteiger partial charge in [0, 0.05) is 12.5 Å². The number of aliphatic hydroxyl groups is 1. The van der Waals surface area contributed by atoms with E-state index in [0.29, 0.717) is 5.92 Å². The molecular weight excluding hydrogens is 190 g/mol. The Labute approximate surface area is 90.3 Å². The van der Waals surface area contributed by atoms with E-state index in [2.05, 4.69) is 22.0 Å². The van der Waals surface area contributed by atoms with Gasteiger partial charge in [0.2, 0.25) is 0 Å². The minimum atomic E-state index is 0.0528. The molecule has 0 spiro atoms. The molecule has 1 aliphatic rings. The van der Waals surface area contributed by atoms with Crippen LogP contribution in [0, 0.1) is 0 Å². The first-order valence-corrected chi connectivity index (χ1v) is 5.71. The molecule has 2 rings (SSSR count). The van der Waals surface area contributed by atoms with E-state index in [1.165, 1.54) is 19.4 Å². The van der Waals surface area contributed by atoms with Crippen molar-refractivity contribution in [3.05, 3.63) is 17.5 Å². The Morgan fingerprint density at radius 2 is 2.53 bits per heavy atom. The molecule has 0 amide bonds. The van der Waals surface area contributed by atoms with Crippen LogP contribution >= 0.6 is 0 Å². The molecule has 1 fully saturated rings. The van der Waals surface area contributed by atoms with Crippen molar-refractivity contribution in [3.63, 3.8) is 0 Å². The molecule has 0 saturated carbocycles. The van der Waals surface area contributed by atoms with E-state index >= 15 is 0 Å². The minimum absolute atomic E-state index is 0.0528. The lowest BCUT2D eigenvalue weighted by atomic mass is 9.95. The Bertz CT molecular complexity index is 311. The summed E-state index contributed by atoms with van der Waals surface area (Å²) in [7, 11) is 0. The molecule has 1 unspecified atom stereocenters. The Hall–Kier alpha value is -0.870. The summed E-state index contributed by atoms with van der Waals surface area (Å²) in [6.07, 6.45) is 2.46. The first kappa shape index (κ1) is 10.6. The second-order valence-electron chi connectivity index (χ2n) is 4.21. The van der Waals surface area contributed by atoms with Crippen LogP contribution in [-0.4, -0.2) is 39.8 Å². The highest BCUT2D eigenvalue weighted by molar-refractivity contribution is 5.13. The number of hydrogen-bond acceptors (Lipinski definition) is 3. The molecule has 15 heavy (non-hydrogen) atoms. The second-order valence-corrected chi connectivity index (χ2v) is 4.21. The highest BCUT2D eigenvalue weighted by Crippen LogP contribution is 2.25. The normalized spacial score (nSPS) is 23.2. The molecule has 4 heteroatoms. The molecule has 1 atom stereocenters. The number of hydrogen-bond donors (Lipinski definition) is 2. The van der Waals surface area contributed by atoms with Crippen molar-refractivity contribution in [2.24, 2.45) is 0 Å². The van der Waals surface area contributed by atoms with E-state index in [1.54, 1.807) is 0 Å². The molecule has 1 aliphatic heterocycles. The third kappa shape index (κ3) is 2.38. The van der Waals surface area contributed by atoms with Crippen LogP contribution in [0.2, 0.25) is 0 Å². The second kappa shape index (κ2) is 4.77. The van der Waals surface area contributed by atoms with E-state index in [0.717, 1.165) is 24.5 Å². The van der Waals surface area contributed by atoms with Gasteiger partial charge in [-0.25, -0.2) is 0 Å². The van der Waals surface area contributed by atoms with Crippen molar-refractivity contribution < 1.29 is 5.11 Å². The smallest absolute Gasteiger partial charge is 0.0847 e. The van der Waals surface area contributed by atoms with Crippen LogP contribution in [0.1, 0.15) is 37.1 Å². The van der Waals surface area contributed by atoms with E-state index < -0.39 is 0 Å². The van der Waals surface area contributed by atoms with Crippen LogP contribution < -0.4 is 0 Å². The van der Waals surface area contributed by atoms with Gasteiger partial charge in [-0.1, -0.05) is 6.92 Å². The van der Waals surface area contributed by atoms with Gasteiger partial charge in [0.1, 0.15) is 0 Å². The van der Waals surface area contributed by atoms with Gasteiger partial charge in [-0.3, -0.25) is 5.10 Å². The fourth-order valence-electron chi connectivity index (χ4n) is 2.25. The summed E-state index contributed by atoms with van der Waals surface area (Å²) < 4.78 is 0. The molecular formula is C11H19N3O. The average molecular weight is 209 g/mol. The van der Waals surface area contributed by atoms with Crippen LogP contribution in [-0.2, 0) is 6.61 Å². The van der Waals surface area contributed by atoms with Crippen molar-refractivity contribution in [3.8, 4) is 0 Å². The monoisotopic (exact) mass is 209 g/mol. The zero-order chi connectivity index (χ0) is 10.7. The maximum Gasteiger partial charge on any atom is 0.0847 e. The average Bonchev–Trinajstić information content (AvgIpc) is 2.78. The Morgan fingerprint density at radius 1 is 1.67 bits per heavy atom. The van der Waals surface area contributed by atoms with Crippen molar-refractivity contribution >= 4 is 0 Å². The predicted octanol–water partition coefficient (Wildman–Crippen LogP) is 1.10. The maximum atomic E-state index is 8.97. The first-order chi connectivity index (χ1) is 7.33. The minimum Gasteiger partial charge on any atom is -0.390 e. The van der Waals surface area contributed by atoms with Crippen molar-refractivity contribution in [2.45, 2.75) is 32.3 Å². The number of nitrogens with zero attached hydrogens (tertiary/aromatic N) is 2. The number of nitrogens with one attached hydrogen (secondary N) is 1. The third-order valence-corrected chi connectivity index (χ3v) is 3.19. The van der Waals surface area contributed by atoms with Crippen LogP contribution in [0.15, 0.2) is 6.07 Å². The number of likely N-dealkylation sites (tertiary alicyclic amines) is 1. The van der Waals surface area contributed by atoms with Gasteiger partial charge in [0.05, 0.1) is 18.0 Å². The molecule has 0 radical (unpaired) electrons. The highest BCUT2D eigenvalue weighted by atomic mass is 16.3. The summed E-state index contributed by atoms with van der Waals surface area (Å²) in [5, 5.41) is 16.1. The summed E-state index contributed by atoms with van der Waals surface area (Å²) >= 11 is 0. The van der Waals surface area contributed by atoms with Crippen molar-refractivity contribution in [2.75, 3.05) is 19.6 Å². The maximum absolute atomic E-state index is 8.97. The molecule has 2 N–H and O–H groups in total. The topological polar surface area (TPSA) is 52.1 Å². The number of piperidine rings is 1. The molecule has 1 aromatic heterocycles. The number of H-pyrrole nitrogens is 1. The lowest BCUT2D eigenvalue weighted by Gasteiger charge is -2.30. The number of aromatic nitrogens is 2. The highest BCUT2D eigenvalue weighted by Gasteiger charge is 2.22. The van der Waals surface area contributed by atoms with Gasteiger partial charge in [0.25, 0.3) is 0 Å². The van der Waals surface area contributed by atoms with Crippen molar-refractivity contribution in [1.29, 1.82) is 0 Å². The summed E-state index contributed by atoms with van der Waals surface area (Å²) in [6, 6.07) is 1.99. The summed E-state index contributed by atoms with van der Waals surface area (Å²) in [5.41, 5.74) is 1.93. The number of rotatable bonds is 3. The van der Waals surface area contributed by atoms with Crippen molar-refractivity contribution in [1.82, 2.24) is 15.1 Å². The van der Waals surface area contributed by atoms with E-state index in [-0.39, 0.29) is 6.61 Å². The molecule has 1 saturated heterocycles. The van der Waals surface area contributed by atoms with Gasteiger partial charge >= 0.3 is 0 Å². The number of aromatic amines is 1. The number of aliphatic hydroxyl groups excluding tert-OH is 1. The van der Waals surface area contributed by atoms with Crippen LogP contribution in [0.4, 0.5) is 0 Å². The lowest BCUT2D eigenvalue weighted by molar-refractivity contribution is 0.216. The standard InChI is InChI=1S/C11H19N3O/c1-2-14-5-3-4-9(7-14)11-6-10(8-15)12-13-11/h6,9,15H,2-5,7-8H2,1H3,(H,12,13). The molecule has 1 aromatic rings. The molecule has 0 aliphatic carbocycles. The summed E-state index contributed by atoms with van der Waals surface area (Å²) in [6.45, 7) is 5.69. The number of likely N-dealkylation sites (N-methyl/N-ethyl adjacent to an activating group) is 1. The Balaban J connectivity index is 2.03. The third-order valence-electron chi connectivity index (χ3n) is 3.19. The predicted molar refractivity (Wildman–Crippen MR) is 58.6 cm³/mol. The fourth-order valence-corrected chi connectivity index (χ4v) is 2.25. The zero-order valence-corrected chi connectivity index (χ0v) is 9.24. The zero-order valence-electron chi connectivity index (χ0n) is 9.24. The molecule has 4 nitrogen and oxygen atoms in total. The van der Waals surface area contributed by atoms with Crippen LogP contribution in [0.5, 0.6) is 0 Å². The fraction of sp³-hybridized carbons (Fsp3) is 0.727. The van der Waals surface area contributed by atoms with Gasteiger partial charge in [-0.2, -0.15) is 5.10 Å². The summed E-state index contributed by atoms with van der Waals surface area (Å²) in [4.78, 5) is 2.46. The van der Waals surface area contributed by atoms with Gasteiger partial charge in [-0.15, -0.1) is 0 Å². The van der Waals surface area contributed by atoms with Crippen LogP contribution in [0.25, 0.3) is 0 Å². The van der Waals surface area contributed by atoms with E-state index in [4.69, 9.17) is 5.11 Å². The van der Waals surface area contributed by atoms with Gasteiger partial charge in [-0.05, 0) is 32.0 Å². The van der Waals surface area contributed by atoms with Gasteiger partial charge < -0.3 is 10.0 Å². The van der Waals surface area contributed by atoms with E-state index in [9.17, 15) is 0 Å². The largest absolute Gasteiger partial charge is 0.390 e. The lowest BCUT2D eigenvalue weighted by Crippen LogP contribution is -2.34. The quantitative estimate of drug-likeness (QED) is 0.784. The Kier molecular flexibility index (Phi) is 3.38. The Morgan fingerprint density at radius 3 is 3.20 bits per heavy atom. The van der Waals surface area contributed by atoms with E-state index in [1.807, 2.05) is 6.07 Å². The molecule has 0 bridgehead atoms. The SMILES string of the molecule is CCN1CCCC(c2cc(CO)[nH]n2)C1. The first-order valence-electron chi connectivity index (χ1n) is 5.71.